The Bertz CT molecular complexity index is 1050. The van der Waals surface area contributed by atoms with Crippen LogP contribution in [0.5, 0.6) is 23.0 Å². The van der Waals surface area contributed by atoms with Crippen molar-refractivity contribution in [3.63, 3.8) is 0 Å². The molecule has 0 spiro atoms. The van der Waals surface area contributed by atoms with E-state index in [1.807, 2.05) is 5.38 Å². The van der Waals surface area contributed by atoms with E-state index in [0.717, 1.165) is 5.56 Å². The molecular weight excluding hydrogens is 420 g/mol. The fraction of sp³-hybridized carbons (Fsp3) is 0.136. The lowest BCUT2D eigenvalue weighted by Gasteiger charge is -2.13. The van der Waals surface area contributed by atoms with Gasteiger partial charge in [-0.15, -0.1) is 11.3 Å². The summed E-state index contributed by atoms with van der Waals surface area (Å²) in [7, 11) is 4.42. The van der Waals surface area contributed by atoms with E-state index in [0.29, 0.717) is 27.9 Å². The van der Waals surface area contributed by atoms with Crippen molar-refractivity contribution in [2.24, 2.45) is 5.10 Å². The summed E-state index contributed by atoms with van der Waals surface area (Å²) in [6.45, 7) is 0. The van der Waals surface area contributed by atoms with Crippen LogP contribution in [0.15, 0.2) is 59.0 Å². The van der Waals surface area contributed by atoms with Crippen molar-refractivity contribution < 1.29 is 28.5 Å². The van der Waals surface area contributed by atoms with Gasteiger partial charge < -0.3 is 18.9 Å². The maximum atomic E-state index is 12.5. The molecule has 31 heavy (non-hydrogen) atoms. The van der Waals surface area contributed by atoms with E-state index in [2.05, 4.69) is 10.5 Å². The molecule has 1 heterocycles. The maximum absolute atomic E-state index is 12.5. The Kier molecular flexibility index (Phi) is 7.23. The van der Waals surface area contributed by atoms with Crippen molar-refractivity contribution in [2.45, 2.75) is 0 Å². The summed E-state index contributed by atoms with van der Waals surface area (Å²) in [5.74, 6) is 0.579. The van der Waals surface area contributed by atoms with Crippen LogP contribution < -0.4 is 24.4 Å². The van der Waals surface area contributed by atoms with E-state index >= 15 is 0 Å². The van der Waals surface area contributed by atoms with E-state index in [4.69, 9.17) is 18.9 Å². The zero-order valence-electron chi connectivity index (χ0n) is 17.1. The Morgan fingerprint density at radius 2 is 1.65 bits per heavy atom. The van der Waals surface area contributed by atoms with Crippen LogP contribution in [0.2, 0.25) is 0 Å². The molecule has 3 rings (SSSR count). The number of methoxy groups -OCH3 is 3. The highest BCUT2D eigenvalue weighted by Crippen LogP contribution is 2.38. The van der Waals surface area contributed by atoms with Crippen molar-refractivity contribution in [2.75, 3.05) is 21.3 Å². The monoisotopic (exact) mass is 440 g/mol. The second-order valence-corrected chi connectivity index (χ2v) is 7.00. The van der Waals surface area contributed by atoms with Gasteiger partial charge in [0.15, 0.2) is 11.5 Å². The van der Waals surface area contributed by atoms with Crippen LogP contribution >= 0.6 is 11.3 Å². The third-order valence-corrected chi connectivity index (χ3v) is 4.98. The number of rotatable bonds is 8. The summed E-state index contributed by atoms with van der Waals surface area (Å²) in [4.78, 5) is 25.0. The number of carbonyl (C=O) groups excluding carboxylic acids is 2. The molecule has 1 N–H and O–H groups in total. The van der Waals surface area contributed by atoms with E-state index in [-0.39, 0.29) is 11.5 Å². The number of hydrogen-bond donors (Lipinski definition) is 1. The molecule has 1 amide bonds. The molecule has 3 aromatic rings. The molecule has 0 aliphatic carbocycles. The third-order valence-electron chi connectivity index (χ3n) is 4.12. The first-order valence-corrected chi connectivity index (χ1v) is 9.92. The number of amides is 1. The molecule has 0 unspecified atom stereocenters. The van der Waals surface area contributed by atoms with Crippen LogP contribution in [-0.4, -0.2) is 39.4 Å². The second kappa shape index (κ2) is 10.3. The highest BCUT2D eigenvalue weighted by molar-refractivity contribution is 7.12. The number of hydrazone groups is 1. The SMILES string of the molecule is COc1cc(C(=O)Oc2ccc(C=NNC(=O)c3cccs3)cc2)cc(OC)c1OC. The molecule has 9 heteroatoms. The number of hydrogen-bond acceptors (Lipinski definition) is 8. The van der Waals surface area contributed by atoms with Crippen LogP contribution in [0.3, 0.4) is 0 Å². The van der Waals surface area contributed by atoms with Gasteiger partial charge in [-0.25, -0.2) is 10.2 Å². The van der Waals surface area contributed by atoms with Gasteiger partial charge in [-0.2, -0.15) is 5.10 Å². The van der Waals surface area contributed by atoms with E-state index in [1.54, 1.807) is 36.4 Å². The van der Waals surface area contributed by atoms with E-state index in [9.17, 15) is 9.59 Å². The topological polar surface area (TPSA) is 95.5 Å². The number of benzene rings is 2. The van der Waals surface area contributed by atoms with E-state index in [1.165, 1.54) is 51.0 Å². The Balaban J connectivity index is 1.65. The molecule has 2 aromatic carbocycles. The number of carbonyl (C=O) groups is 2. The lowest BCUT2D eigenvalue weighted by molar-refractivity contribution is 0.0733. The molecule has 0 fully saturated rings. The lowest BCUT2D eigenvalue weighted by atomic mass is 10.2. The van der Waals surface area contributed by atoms with Crippen LogP contribution in [0.4, 0.5) is 0 Å². The first-order chi connectivity index (χ1) is 15.0. The first-order valence-electron chi connectivity index (χ1n) is 9.05. The summed E-state index contributed by atoms with van der Waals surface area (Å²) in [6, 6.07) is 13.2. The van der Waals surface area contributed by atoms with Crippen LogP contribution in [0, 0.1) is 0 Å². The molecule has 0 bridgehead atoms. The smallest absolute Gasteiger partial charge is 0.343 e. The number of ether oxygens (including phenoxy) is 4. The highest BCUT2D eigenvalue weighted by atomic mass is 32.1. The minimum absolute atomic E-state index is 0.247. The maximum Gasteiger partial charge on any atom is 0.343 e. The van der Waals surface area contributed by atoms with Crippen molar-refractivity contribution >= 4 is 29.4 Å². The third kappa shape index (κ3) is 5.40. The molecule has 0 saturated carbocycles. The minimum atomic E-state index is -0.580. The molecular formula is C22H20N2O6S. The fourth-order valence-electron chi connectivity index (χ4n) is 2.62. The Hall–Kier alpha value is -3.85. The van der Waals surface area contributed by atoms with Crippen LogP contribution in [0.1, 0.15) is 25.6 Å². The number of thiophene rings is 1. The van der Waals surface area contributed by atoms with Gasteiger partial charge in [0.05, 0.1) is 38.0 Å². The fourth-order valence-corrected chi connectivity index (χ4v) is 3.23. The number of esters is 1. The van der Waals surface area contributed by atoms with Crippen molar-refractivity contribution in [1.29, 1.82) is 0 Å². The first kappa shape index (κ1) is 21.8. The molecule has 0 radical (unpaired) electrons. The average molecular weight is 440 g/mol. The van der Waals surface area contributed by atoms with Gasteiger partial charge in [0, 0.05) is 0 Å². The van der Waals surface area contributed by atoms with Gasteiger partial charge in [0.1, 0.15) is 5.75 Å². The molecule has 8 nitrogen and oxygen atoms in total. The summed E-state index contributed by atoms with van der Waals surface area (Å²) < 4.78 is 21.2. The number of nitrogens with one attached hydrogen (secondary N) is 1. The Morgan fingerprint density at radius 3 is 2.19 bits per heavy atom. The van der Waals surface area contributed by atoms with Gasteiger partial charge >= 0.3 is 5.97 Å². The summed E-state index contributed by atoms with van der Waals surface area (Å²) in [6.07, 6.45) is 1.50. The molecule has 0 aliphatic heterocycles. The van der Waals surface area contributed by atoms with Crippen LogP contribution in [-0.2, 0) is 0 Å². The standard InChI is InChI=1S/C22H20N2O6S/c1-27-17-11-15(12-18(28-2)20(17)29-3)22(26)30-16-8-6-14(7-9-16)13-23-24-21(25)19-5-4-10-31-19/h4-13H,1-3H3,(H,24,25). The summed E-state index contributed by atoms with van der Waals surface area (Å²) in [5, 5.41) is 5.74. The quantitative estimate of drug-likeness (QED) is 0.248. The predicted octanol–water partition coefficient (Wildman–Crippen LogP) is 3.76. The minimum Gasteiger partial charge on any atom is -0.493 e. The predicted molar refractivity (Wildman–Crippen MR) is 117 cm³/mol. The Morgan fingerprint density at radius 1 is 0.968 bits per heavy atom. The molecule has 0 aliphatic rings. The van der Waals surface area contributed by atoms with Gasteiger partial charge in [-0.05, 0) is 53.4 Å². The van der Waals surface area contributed by atoms with Gasteiger partial charge in [0.25, 0.3) is 5.91 Å². The molecule has 1 aromatic heterocycles. The molecule has 160 valence electrons. The van der Waals surface area contributed by atoms with Gasteiger partial charge in [-0.1, -0.05) is 6.07 Å². The summed E-state index contributed by atoms with van der Waals surface area (Å²) >= 11 is 1.33. The van der Waals surface area contributed by atoms with Crippen molar-refractivity contribution in [1.82, 2.24) is 5.43 Å². The zero-order chi connectivity index (χ0) is 22.2. The van der Waals surface area contributed by atoms with Gasteiger partial charge in [-0.3, -0.25) is 4.79 Å². The largest absolute Gasteiger partial charge is 0.493 e. The molecule has 0 saturated heterocycles. The van der Waals surface area contributed by atoms with Gasteiger partial charge in [0.2, 0.25) is 5.75 Å². The average Bonchev–Trinajstić information content (AvgIpc) is 3.34. The van der Waals surface area contributed by atoms with Crippen molar-refractivity contribution in [3.8, 4) is 23.0 Å². The molecule has 0 atom stereocenters. The highest BCUT2D eigenvalue weighted by Gasteiger charge is 2.18. The van der Waals surface area contributed by atoms with E-state index < -0.39 is 5.97 Å². The second-order valence-electron chi connectivity index (χ2n) is 6.05. The normalized spacial score (nSPS) is 10.5. The lowest BCUT2D eigenvalue weighted by Crippen LogP contribution is -2.16. The van der Waals surface area contributed by atoms with Crippen LogP contribution in [0.25, 0.3) is 0 Å². The summed E-state index contributed by atoms with van der Waals surface area (Å²) in [5.41, 5.74) is 3.42. The zero-order valence-corrected chi connectivity index (χ0v) is 17.9. The number of nitrogens with zero attached hydrogens (tertiary/aromatic N) is 1. The van der Waals surface area contributed by atoms with Crippen molar-refractivity contribution in [3.05, 3.63) is 69.9 Å². The Labute approximate surface area is 183 Å².